The van der Waals surface area contributed by atoms with Crippen molar-refractivity contribution in [3.05, 3.63) is 76.4 Å². The highest BCUT2D eigenvalue weighted by atomic mass is 35.5. The number of fused-ring (bicyclic) bond motifs is 1. The number of benzene rings is 3. The first-order chi connectivity index (χ1) is 18.9. The lowest BCUT2D eigenvalue weighted by Gasteiger charge is -2.13. The van der Waals surface area contributed by atoms with Gasteiger partial charge in [0.25, 0.3) is 0 Å². The van der Waals surface area contributed by atoms with Gasteiger partial charge >= 0.3 is 12.2 Å². The molecule has 3 aromatic carbocycles. The number of H-pyrrole nitrogens is 1. The maximum absolute atomic E-state index is 13.1. The van der Waals surface area contributed by atoms with E-state index in [0.29, 0.717) is 23.4 Å². The lowest BCUT2D eigenvalue weighted by molar-refractivity contribution is -0.137. The zero-order valence-electron chi connectivity index (χ0n) is 22.0. The Bertz CT molecular complexity index is 1550. The van der Waals surface area contributed by atoms with Crippen LogP contribution in [0.5, 0.6) is 0 Å². The molecule has 3 amide bonds. The van der Waals surface area contributed by atoms with Gasteiger partial charge in [-0.25, -0.2) is 4.79 Å². The molecule has 12 heteroatoms. The number of rotatable bonds is 8. The van der Waals surface area contributed by atoms with E-state index in [9.17, 15) is 22.8 Å². The lowest BCUT2D eigenvalue weighted by Crippen LogP contribution is -2.32. The summed E-state index contributed by atoms with van der Waals surface area (Å²) in [7, 11) is 3.87. The van der Waals surface area contributed by atoms with E-state index < -0.39 is 22.8 Å². The van der Waals surface area contributed by atoms with Crippen LogP contribution < -0.4 is 16.0 Å². The SMILES string of the molecule is Cc1ccc(NC(=O)Nc2ccc(Cl)c(C(F)(F)F)c2)cc1-c1ccc2c(CC(=O)NCCN(C)C)[nH]nc2c1. The second-order valence-corrected chi connectivity index (χ2v) is 9.97. The average molecular weight is 573 g/mol. The normalized spacial score (nSPS) is 11.6. The molecule has 0 atom stereocenters. The van der Waals surface area contributed by atoms with Gasteiger partial charge in [0, 0.05) is 29.9 Å². The molecule has 40 heavy (non-hydrogen) atoms. The van der Waals surface area contributed by atoms with Crippen LogP contribution >= 0.6 is 11.6 Å². The fourth-order valence-corrected chi connectivity index (χ4v) is 4.36. The smallest absolute Gasteiger partial charge is 0.354 e. The predicted octanol–water partition coefficient (Wildman–Crippen LogP) is 6.07. The van der Waals surface area contributed by atoms with Crippen molar-refractivity contribution in [2.75, 3.05) is 37.8 Å². The number of carbonyl (C=O) groups is 2. The summed E-state index contributed by atoms with van der Waals surface area (Å²) in [6.07, 6.45) is -4.47. The summed E-state index contributed by atoms with van der Waals surface area (Å²) in [4.78, 5) is 26.8. The Labute approximate surface area is 233 Å². The number of likely N-dealkylation sites (N-methyl/N-ethyl adjacent to an activating group) is 1. The molecule has 0 spiro atoms. The van der Waals surface area contributed by atoms with E-state index >= 15 is 0 Å². The van der Waals surface area contributed by atoms with Gasteiger partial charge in [0.15, 0.2) is 0 Å². The van der Waals surface area contributed by atoms with Crippen molar-refractivity contribution in [3.63, 3.8) is 0 Å². The van der Waals surface area contributed by atoms with Crippen LogP contribution in [0, 0.1) is 6.92 Å². The van der Waals surface area contributed by atoms with Crippen molar-refractivity contribution in [1.29, 1.82) is 0 Å². The first-order valence-corrected chi connectivity index (χ1v) is 12.7. The topological polar surface area (TPSA) is 102 Å². The molecule has 0 unspecified atom stereocenters. The van der Waals surface area contributed by atoms with E-state index in [2.05, 4.69) is 26.1 Å². The van der Waals surface area contributed by atoms with Crippen LogP contribution in [0.1, 0.15) is 16.8 Å². The Kier molecular flexibility index (Phi) is 8.65. The van der Waals surface area contributed by atoms with Crippen molar-refractivity contribution >= 4 is 45.8 Å². The van der Waals surface area contributed by atoms with Crippen LogP contribution in [0.25, 0.3) is 22.0 Å². The number of urea groups is 1. The second kappa shape index (κ2) is 12.0. The minimum absolute atomic E-state index is 0.0484. The average Bonchev–Trinajstić information content (AvgIpc) is 3.27. The van der Waals surface area contributed by atoms with E-state index in [1.54, 1.807) is 12.1 Å². The largest absolute Gasteiger partial charge is 0.417 e. The summed E-state index contributed by atoms with van der Waals surface area (Å²) < 4.78 is 39.4. The molecule has 0 bridgehead atoms. The molecule has 4 rings (SSSR count). The third kappa shape index (κ3) is 7.10. The number of aromatic amines is 1. The molecule has 0 aliphatic carbocycles. The molecule has 0 fully saturated rings. The van der Waals surface area contributed by atoms with Crippen LogP contribution in [0.2, 0.25) is 5.02 Å². The summed E-state index contributed by atoms with van der Waals surface area (Å²) in [6, 6.07) is 13.4. The number of aryl methyl sites for hydroxylation is 1. The lowest BCUT2D eigenvalue weighted by atomic mass is 9.98. The molecule has 4 aromatic rings. The number of aromatic nitrogens is 2. The Morgan fingerprint density at radius 3 is 2.40 bits per heavy atom. The summed E-state index contributed by atoms with van der Waals surface area (Å²) in [5.41, 5.74) is 3.37. The van der Waals surface area contributed by atoms with E-state index in [0.717, 1.165) is 40.8 Å². The molecule has 210 valence electrons. The second-order valence-electron chi connectivity index (χ2n) is 9.57. The summed E-state index contributed by atoms with van der Waals surface area (Å²) in [6.45, 7) is 3.22. The molecule has 8 nitrogen and oxygen atoms in total. The van der Waals surface area contributed by atoms with Gasteiger partial charge in [-0.2, -0.15) is 18.3 Å². The third-order valence-electron chi connectivity index (χ3n) is 6.19. The predicted molar refractivity (Wildman–Crippen MR) is 151 cm³/mol. The zero-order chi connectivity index (χ0) is 29.0. The van der Waals surface area contributed by atoms with Gasteiger partial charge in [-0.1, -0.05) is 29.8 Å². The highest BCUT2D eigenvalue weighted by molar-refractivity contribution is 6.31. The van der Waals surface area contributed by atoms with E-state index in [1.807, 2.05) is 50.2 Å². The van der Waals surface area contributed by atoms with E-state index in [4.69, 9.17) is 11.6 Å². The molecule has 1 heterocycles. The molecule has 0 saturated carbocycles. The Balaban J connectivity index is 1.47. The quantitative estimate of drug-likeness (QED) is 0.206. The van der Waals surface area contributed by atoms with Gasteiger partial charge in [0.1, 0.15) is 0 Å². The zero-order valence-corrected chi connectivity index (χ0v) is 22.8. The fraction of sp³-hybridized carbons (Fsp3) is 0.250. The number of halogens is 4. The summed E-state index contributed by atoms with van der Waals surface area (Å²) in [5.74, 6) is -0.0994. The number of nitrogens with zero attached hydrogens (tertiary/aromatic N) is 2. The van der Waals surface area contributed by atoms with E-state index in [-0.39, 0.29) is 18.0 Å². The number of nitrogens with one attached hydrogen (secondary N) is 4. The monoisotopic (exact) mass is 572 g/mol. The first kappa shape index (κ1) is 28.9. The van der Waals surface area contributed by atoms with Gasteiger partial charge in [0.2, 0.25) is 5.91 Å². The highest BCUT2D eigenvalue weighted by Gasteiger charge is 2.33. The van der Waals surface area contributed by atoms with Crippen molar-refractivity contribution < 1.29 is 22.8 Å². The van der Waals surface area contributed by atoms with Gasteiger partial charge < -0.3 is 20.9 Å². The van der Waals surface area contributed by atoms with Crippen molar-refractivity contribution in [2.45, 2.75) is 19.5 Å². The van der Waals surface area contributed by atoms with Crippen LogP contribution in [0.4, 0.5) is 29.3 Å². The fourth-order valence-electron chi connectivity index (χ4n) is 4.14. The van der Waals surface area contributed by atoms with Crippen LogP contribution in [0.3, 0.4) is 0 Å². The number of alkyl halides is 3. The molecule has 0 radical (unpaired) electrons. The van der Waals surface area contributed by atoms with Crippen LogP contribution in [-0.4, -0.2) is 54.2 Å². The van der Waals surface area contributed by atoms with Crippen molar-refractivity contribution in [2.24, 2.45) is 0 Å². The highest BCUT2D eigenvalue weighted by Crippen LogP contribution is 2.36. The Hall–Kier alpha value is -4.09. The number of amides is 3. The molecular weight excluding hydrogens is 545 g/mol. The Morgan fingerprint density at radius 1 is 1.00 bits per heavy atom. The van der Waals surface area contributed by atoms with Crippen LogP contribution in [-0.2, 0) is 17.4 Å². The number of hydrogen-bond acceptors (Lipinski definition) is 4. The Morgan fingerprint density at radius 2 is 1.70 bits per heavy atom. The number of anilines is 2. The molecular formula is C28H28ClF3N6O2. The molecule has 1 aromatic heterocycles. The van der Waals surface area contributed by atoms with Gasteiger partial charge in [0.05, 0.1) is 28.2 Å². The maximum Gasteiger partial charge on any atom is 0.417 e. The van der Waals surface area contributed by atoms with Crippen molar-refractivity contribution in [1.82, 2.24) is 20.4 Å². The van der Waals surface area contributed by atoms with E-state index in [1.165, 1.54) is 6.07 Å². The molecule has 4 N–H and O–H groups in total. The third-order valence-corrected chi connectivity index (χ3v) is 6.52. The summed E-state index contributed by atoms with van der Waals surface area (Å²) in [5, 5.41) is 15.6. The van der Waals surface area contributed by atoms with Gasteiger partial charge in [-0.3, -0.25) is 9.89 Å². The van der Waals surface area contributed by atoms with Crippen LogP contribution in [0.15, 0.2) is 54.6 Å². The molecule has 0 aliphatic heterocycles. The minimum atomic E-state index is -4.65. The summed E-state index contributed by atoms with van der Waals surface area (Å²) >= 11 is 5.65. The van der Waals surface area contributed by atoms with Gasteiger partial charge in [-0.15, -0.1) is 0 Å². The molecule has 0 saturated heterocycles. The van der Waals surface area contributed by atoms with Crippen molar-refractivity contribution in [3.8, 4) is 11.1 Å². The maximum atomic E-state index is 13.1. The standard InChI is InChI=1S/C28H28ClF3N6O2/c1-16-4-6-18(34-27(40)35-19-7-9-23(29)22(14-19)28(30,31)32)13-21(16)17-5-8-20-24(12-17)36-37-25(20)15-26(39)33-10-11-38(2)3/h4-9,12-14H,10-11,15H2,1-3H3,(H,33,39)(H,36,37)(H2,34,35,40). The minimum Gasteiger partial charge on any atom is -0.354 e. The number of carbonyl (C=O) groups excluding carboxylic acids is 2. The molecule has 0 aliphatic rings. The number of hydrogen-bond donors (Lipinski definition) is 4. The van der Waals surface area contributed by atoms with Gasteiger partial charge in [-0.05, 0) is 74.1 Å². The first-order valence-electron chi connectivity index (χ1n) is 12.3.